The van der Waals surface area contributed by atoms with Crippen LogP contribution in [0.4, 0.5) is 5.69 Å². The van der Waals surface area contributed by atoms with Crippen LogP contribution in [-0.2, 0) is 21.4 Å². The van der Waals surface area contributed by atoms with Gasteiger partial charge in [-0.25, -0.2) is 8.42 Å². The van der Waals surface area contributed by atoms with Crippen molar-refractivity contribution in [2.45, 2.75) is 32.9 Å². The zero-order valence-electron chi connectivity index (χ0n) is 15.4. The molecule has 0 aliphatic carbocycles. The van der Waals surface area contributed by atoms with Crippen molar-refractivity contribution >= 4 is 44.8 Å². The third kappa shape index (κ3) is 5.61. The van der Waals surface area contributed by atoms with Crippen LogP contribution in [0.3, 0.4) is 0 Å². The van der Waals surface area contributed by atoms with Crippen molar-refractivity contribution in [3.05, 3.63) is 63.6 Å². The van der Waals surface area contributed by atoms with Gasteiger partial charge in [-0.15, -0.1) is 0 Å². The van der Waals surface area contributed by atoms with Crippen molar-refractivity contribution in [1.29, 1.82) is 0 Å². The van der Waals surface area contributed by atoms with Crippen molar-refractivity contribution in [2.75, 3.05) is 10.6 Å². The molecule has 0 saturated carbocycles. The summed E-state index contributed by atoms with van der Waals surface area (Å²) in [5.41, 5.74) is 1.99. The highest BCUT2D eigenvalue weighted by molar-refractivity contribution is 7.92. The molecule has 0 aliphatic rings. The number of hydrogen-bond acceptors (Lipinski definition) is 3. The first-order valence-electron chi connectivity index (χ1n) is 8.41. The van der Waals surface area contributed by atoms with Crippen LogP contribution in [0.1, 0.15) is 24.5 Å². The molecule has 2 aromatic carbocycles. The van der Waals surface area contributed by atoms with E-state index in [9.17, 15) is 13.2 Å². The average molecular weight is 429 g/mol. The van der Waals surface area contributed by atoms with Crippen molar-refractivity contribution in [3.63, 3.8) is 0 Å². The van der Waals surface area contributed by atoms with Gasteiger partial charge >= 0.3 is 0 Å². The molecule has 1 amide bonds. The van der Waals surface area contributed by atoms with Crippen molar-refractivity contribution in [1.82, 2.24) is 5.32 Å². The van der Waals surface area contributed by atoms with Crippen LogP contribution < -0.4 is 9.62 Å². The summed E-state index contributed by atoms with van der Waals surface area (Å²) in [5, 5.41) is 3.82. The first-order valence-corrected chi connectivity index (χ1v) is 11.0. The largest absolute Gasteiger partial charge is 0.350 e. The van der Waals surface area contributed by atoms with Gasteiger partial charge in [-0.05, 0) is 48.7 Å². The number of anilines is 1. The molecule has 0 heterocycles. The van der Waals surface area contributed by atoms with Crippen LogP contribution in [0.2, 0.25) is 10.0 Å². The number of carbonyl (C=O) groups excluding carboxylic acids is 1. The number of benzene rings is 2. The number of carbonyl (C=O) groups is 1. The molecule has 1 unspecified atom stereocenters. The van der Waals surface area contributed by atoms with Crippen LogP contribution in [0.25, 0.3) is 0 Å². The number of hydrogen-bond donors (Lipinski definition) is 1. The van der Waals surface area contributed by atoms with Crippen molar-refractivity contribution in [3.8, 4) is 0 Å². The van der Waals surface area contributed by atoms with Gasteiger partial charge in [0.15, 0.2) is 0 Å². The van der Waals surface area contributed by atoms with E-state index >= 15 is 0 Å². The lowest BCUT2D eigenvalue weighted by Crippen LogP contribution is -2.49. The molecule has 27 heavy (non-hydrogen) atoms. The van der Waals surface area contributed by atoms with Crippen LogP contribution in [0.15, 0.2) is 42.5 Å². The highest BCUT2D eigenvalue weighted by Crippen LogP contribution is 2.29. The molecule has 8 heteroatoms. The molecule has 0 aromatic heterocycles. The second kappa shape index (κ2) is 8.95. The molecule has 2 aromatic rings. The predicted octanol–water partition coefficient (Wildman–Crippen LogP) is 4.16. The average Bonchev–Trinajstić information content (AvgIpc) is 2.60. The maximum absolute atomic E-state index is 12.8. The Morgan fingerprint density at radius 1 is 1.11 bits per heavy atom. The topological polar surface area (TPSA) is 66.5 Å². The fourth-order valence-corrected chi connectivity index (χ4v) is 4.32. The summed E-state index contributed by atoms with van der Waals surface area (Å²) in [7, 11) is -3.71. The smallest absolute Gasteiger partial charge is 0.244 e. The van der Waals surface area contributed by atoms with Crippen molar-refractivity contribution in [2.24, 2.45) is 0 Å². The molecule has 1 atom stereocenters. The Kier molecular flexibility index (Phi) is 7.14. The molecule has 0 radical (unpaired) electrons. The standard InChI is InChI=1S/C19H22Cl2N2O3S/c1-4-17(19(24)22-12-14-6-9-15(20)10-7-14)23(27(3,25)26)18-11-16(21)8-5-13(18)2/h5-11,17H,4,12H2,1-3H3,(H,22,24). The van der Waals surface area contributed by atoms with E-state index < -0.39 is 16.1 Å². The Morgan fingerprint density at radius 2 is 1.70 bits per heavy atom. The predicted molar refractivity (Wildman–Crippen MR) is 111 cm³/mol. The van der Waals surface area contributed by atoms with E-state index in [4.69, 9.17) is 23.2 Å². The maximum Gasteiger partial charge on any atom is 0.244 e. The number of halogens is 2. The summed E-state index contributed by atoms with van der Waals surface area (Å²) >= 11 is 11.9. The van der Waals surface area contributed by atoms with Crippen LogP contribution in [0, 0.1) is 6.92 Å². The minimum absolute atomic E-state index is 0.276. The lowest BCUT2D eigenvalue weighted by molar-refractivity contribution is -0.122. The first kappa shape index (κ1) is 21.5. The van der Waals surface area contributed by atoms with E-state index in [1.54, 1.807) is 56.3 Å². The van der Waals surface area contributed by atoms with E-state index in [1.807, 2.05) is 0 Å². The summed E-state index contributed by atoms with van der Waals surface area (Å²) < 4.78 is 26.1. The third-order valence-electron chi connectivity index (χ3n) is 4.12. The SMILES string of the molecule is CCC(C(=O)NCc1ccc(Cl)cc1)N(c1cc(Cl)ccc1C)S(C)(=O)=O. The summed E-state index contributed by atoms with van der Waals surface area (Å²) in [6.45, 7) is 3.82. The number of nitrogens with one attached hydrogen (secondary N) is 1. The molecule has 0 aliphatic heterocycles. The van der Waals surface area contributed by atoms with Crippen LogP contribution in [0.5, 0.6) is 0 Å². The van der Waals surface area contributed by atoms with Gasteiger partial charge in [0, 0.05) is 16.6 Å². The summed E-state index contributed by atoms with van der Waals surface area (Å²) in [6.07, 6.45) is 1.40. The molecular weight excluding hydrogens is 407 g/mol. The zero-order chi connectivity index (χ0) is 20.2. The normalized spacial score (nSPS) is 12.5. The van der Waals surface area contributed by atoms with E-state index in [0.717, 1.165) is 16.1 Å². The second-order valence-electron chi connectivity index (χ2n) is 6.26. The van der Waals surface area contributed by atoms with Gasteiger partial charge in [0.05, 0.1) is 11.9 Å². The molecule has 0 bridgehead atoms. The second-order valence-corrected chi connectivity index (χ2v) is 8.99. The maximum atomic E-state index is 12.8. The Bertz CT molecular complexity index is 915. The number of aryl methyl sites for hydroxylation is 1. The van der Waals surface area contributed by atoms with Crippen molar-refractivity contribution < 1.29 is 13.2 Å². The molecule has 0 saturated heterocycles. The Balaban J connectivity index is 2.30. The molecular formula is C19H22Cl2N2O3S. The number of nitrogens with zero attached hydrogens (tertiary/aromatic N) is 1. The summed E-state index contributed by atoms with van der Waals surface area (Å²) in [5.74, 6) is -0.378. The molecule has 2 rings (SSSR count). The van der Waals surface area contributed by atoms with E-state index in [-0.39, 0.29) is 12.5 Å². The molecule has 1 N–H and O–H groups in total. The number of amides is 1. The monoisotopic (exact) mass is 428 g/mol. The van der Waals surface area contributed by atoms with Gasteiger partial charge < -0.3 is 5.32 Å². The quantitative estimate of drug-likeness (QED) is 0.719. The van der Waals surface area contributed by atoms with Gasteiger partial charge in [0.1, 0.15) is 6.04 Å². The van der Waals surface area contributed by atoms with Gasteiger partial charge in [0.25, 0.3) is 0 Å². The highest BCUT2D eigenvalue weighted by Gasteiger charge is 2.32. The lowest BCUT2D eigenvalue weighted by atomic mass is 10.1. The van der Waals surface area contributed by atoms with Gasteiger partial charge in [-0.2, -0.15) is 0 Å². The van der Waals surface area contributed by atoms with Crippen LogP contribution >= 0.6 is 23.2 Å². The minimum Gasteiger partial charge on any atom is -0.350 e. The van der Waals surface area contributed by atoms with Gasteiger partial charge in [-0.1, -0.05) is 48.3 Å². The molecule has 146 valence electrons. The third-order valence-corrected chi connectivity index (χ3v) is 5.77. The fraction of sp³-hybridized carbons (Fsp3) is 0.316. The number of rotatable bonds is 7. The van der Waals surface area contributed by atoms with E-state index in [2.05, 4.69) is 5.32 Å². The minimum atomic E-state index is -3.71. The Labute approximate surface area is 170 Å². The van der Waals surface area contributed by atoms with Crippen LogP contribution in [-0.4, -0.2) is 26.6 Å². The molecule has 0 fully saturated rings. The molecule has 5 nitrogen and oxygen atoms in total. The van der Waals surface area contributed by atoms with E-state index in [0.29, 0.717) is 27.7 Å². The Hall–Kier alpha value is -1.76. The first-order chi connectivity index (χ1) is 12.6. The Morgan fingerprint density at radius 3 is 2.26 bits per heavy atom. The lowest BCUT2D eigenvalue weighted by Gasteiger charge is -2.31. The van der Waals surface area contributed by atoms with Gasteiger partial charge in [-0.3, -0.25) is 9.10 Å². The molecule has 0 spiro atoms. The number of sulfonamides is 1. The fourth-order valence-electron chi connectivity index (χ4n) is 2.76. The zero-order valence-corrected chi connectivity index (χ0v) is 17.7. The van der Waals surface area contributed by atoms with E-state index in [1.165, 1.54) is 0 Å². The highest BCUT2D eigenvalue weighted by atomic mass is 35.5. The van der Waals surface area contributed by atoms with Gasteiger partial charge in [0.2, 0.25) is 15.9 Å². The summed E-state index contributed by atoms with van der Waals surface area (Å²) in [4.78, 5) is 12.8. The summed E-state index contributed by atoms with van der Waals surface area (Å²) in [6, 6.07) is 11.2.